The summed E-state index contributed by atoms with van der Waals surface area (Å²) in [5.41, 5.74) is 0.308. The lowest BCUT2D eigenvalue weighted by atomic mass is 10.0. The first-order valence-corrected chi connectivity index (χ1v) is 11.1. The number of anilines is 2. The van der Waals surface area contributed by atoms with Gasteiger partial charge in [-0.25, -0.2) is 8.78 Å². The first-order chi connectivity index (χ1) is 16.1. The number of hydrogen-bond acceptors (Lipinski definition) is 3. The smallest absolute Gasteiger partial charge is 0.304 e. The molecular weight excluding hydrogens is 475 g/mol. The third kappa shape index (κ3) is 3.35. The monoisotopic (exact) mass is 490 g/mol. The van der Waals surface area contributed by atoms with E-state index in [1.165, 1.54) is 23.1 Å². The maximum absolute atomic E-state index is 14.0. The number of hydrogen-bond donors (Lipinski definition) is 0. The maximum Gasteiger partial charge on any atom is 0.416 e. The van der Waals surface area contributed by atoms with Gasteiger partial charge in [-0.3, -0.25) is 14.5 Å². The molecule has 2 aliphatic rings. The van der Waals surface area contributed by atoms with Gasteiger partial charge in [0.2, 0.25) is 10.8 Å². The molecule has 1 fully saturated rings. The van der Waals surface area contributed by atoms with Gasteiger partial charge in [-0.1, -0.05) is 30.3 Å². The fourth-order valence-electron chi connectivity index (χ4n) is 4.37. The molecule has 0 aromatic heterocycles. The van der Waals surface area contributed by atoms with Gasteiger partial charge in [-0.2, -0.15) is 13.2 Å². The van der Waals surface area contributed by atoms with Gasteiger partial charge in [0.15, 0.2) is 11.6 Å². The van der Waals surface area contributed by atoms with E-state index in [-0.39, 0.29) is 23.5 Å². The van der Waals surface area contributed by atoms with Crippen molar-refractivity contribution in [2.45, 2.75) is 17.6 Å². The minimum absolute atomic E-state index is 0.0120. The Morgan fingerprint density at radius 2 is 1.68 bits per heavy atom. The number of nitrogens with zero attached hydrogens (tertiary/aromatic N) is 2. The molecule has 3 aromatic carbocycles. The third-order valence-corrected chi connectivity index (χ3v) is 7.21. The summed E-state index contributed by atoms with van der Waals surface area (Å²) in [5, 5.41) is 0. The average molecular weight is 490 g/mol. The standard InChI is InChI=1S/C24H15F5N2O2S/c25-18-9-8-16(11-19(18)26)31-21(32)13-34-23(31)17-6-1-2-7-20(17)30(22(23)33)12-14-4-3-5-15(10-14)24(27,28)29/h1-11H,12-13H2/t23-/m0/s1. The SMILES string of the molecule is O=C1CS[C@@]2(C(=O)N(Cc3cccc(C(F)(F)F)c3)c3ccccc32)N1c1ccc(F)c(F)c1. The Hall–Kier alpha value is -3.40. The van der Waals surface area contributed by atoms with Crippen LogP contribution in [-0.2, 0) is 27.2 Å². The van der Waals surface area contributed by atoms with E-state index < -0.39 is 40.1 Å². The number of fused-ring (bicyclic) bond motifs is 2. The molecule has 10 heteroatoms. The van der Waals surface area contributed by atoms with E-state index in [9.17, 15) is 31.5 Å². The maximum atomic E-state index is 14.0. The molecule has 2 heterocycles. The average Bonchev–Trinajstić information content (AvgIpc) is 3.26. The summed E-state index contributed by atoms with van der Waals surface area (Å²) in [7, 11) is 0. The molecule has 0 saturated carbocycles. The Labute approximate surface area is 195 Å². The van der Waals surface area contributed by atoms with Crippen LogP contribution in [0, 0.1) is 11.6 Å². The zero-order chi connectivity index (χ0) is 24.3. The van der Waals surface area contributed by atoms with Crippen LogP contribution in [0.25, 0.3) is 0 Å². The van der Waals surface area contributed by atoms with Crippen molar-refractivity contribution in [3.63, 3.8) is 0 Å². The van der Waals surface area contributed by atoms with E-state index in [2.05, 4.69) is 0 Å². The van der Waals surface area contributed by atoms with Crippen LogP contribution in [0.1, 0.15) is 16.7 Å². The highest BCUT2D eigenvalue weighted by molar-refractivity contribution is 8.02. The quantitative estimate of drug-likeness (QED) is 0.458. The summed E-state index contributed by atoms with van der Waals surface area (Å²) in [5.74, 6) is -3.37. The van der Waals surface area contributed by atoms with Crippen LogP contribution >= 0.6 is 11.8 Å². The molecule has 1 atom stereocenters. The highest BCUT2D eigenvalue weighted by Gasteiger charge is 2.61. The van der Waals surface area contributed by atoms with Crippen molar-refractivity contribution in [2.75, 3.05) is 15.6 Å². The predicted octanol–water partition coefficient (Wildman–Crippen LogP) is 5.46. The minimum Gasteiger partial charge on any atom is -0.304 e. The van der Waals surface area contributed by atoms with Crippen LogP contribution in [-0.4, -0.2) is 17.6 Å². The van der Waals surface area contributed by atoms with Crippen molar-refractivity contribution in [2.24, 2.45) is 0 Å². The van der Waals surface area contributed by atoms with Gasteiger partial charge in [-0.05, 0) is 35.9 Å². The first-order valence-electron chi connectivity index (χ1n) is 10.1. The molecular formula is C24H15F5N2O2S. The Balaban J connectivity index is 1.61. The van der Waals surface area contributed by atoms with E-state index >= 15 is 0 Å². The van der Waals surface area contributed by atoms with Crippen molar-refractivity contribution >= 4 is 35.0 Å². The number of benzene rings is 3. The van der Waals surface area contributed by atoms with Crippen LogP contribution in [0.2, 0.25) is 0 Å². The molecule has 1 spiro atoms. The van der Waals surface area contributed by atoms with Gasteiger partial charge in [-0.15, -0.1) is 11.8 Å². The lowest BCUT2D eigenvalue weighted by molar-refractivity contribution is -0.137. The molecule has 0 bridgehead atoms. The number of carbonyl (C=O) groups excluding carboxylic acids is 2. The second-order valence-electron chi connectivity index (χ2n) is 7.87. The normalized spacial score (nSPS) is 19.9. The van der Waals surface area contributed by atoms with Crippen LogP contribution in [0.4, 0.5) is 33.3 Å². The van der Waals surface area contributed by atoms with Crippen LogP contribution < -0.4 is 9.80 Å². The highest BCUT2D eigenvalue weighted by atomic mass is 32.2. The fourth-order valence-corrected chi connectivity index (χ4v) is 5.72. The Bertz CT molecular complexity index is 1330. The molecule has 4 nitrogen and oxygen atoms in total. The molecule has 0 aliphatic carbocycles. The van der Waals surface area contributed by atoms with Crippen molar-refractivity contribution in [3.05, 3.63) is 95.1 Å². The first kappa shape index (κ1) is 22.4. The molecule has 0 radical (unpaired) electrons. The van der Waals surface area contributed by atoms with Crippen LogP contribution in [0.5, 0.6) is 0 Å². The minimum atomic E-state index is -4.54. The van der Waals surface area contributed by atoms with Crippen LogP contribution in [0.15, 0.2) is 66.7 Å². The molecule has 1 saturated heterocycles. The van der Waals surface area contributed by atoms with E-state index in [1.807, 2.05) is 0 Å². The summed E-state index contributed by atoms with van der Waals surface area (Å²) >= 11 is 1.03. The topological polar surface area (TPSA) is 40.6 Å². The molecule has 0 unspecified atom stereocenters. The van der Waals surface area contributed by atoms with Gasteiger partial charge in [0.05, 0.1) is 23.5 Å². The Morgan fingerprint density at radius 3 is 2.41 bits per heavy atom. The van der Waals surface area contributed by atoms with Crippen LogP contribution in [0.3, 0.4) is 0 Å². The summed E-state index contributed by atoms with van der Waals surface area (Å²) in [6.07, 6.45) is -4.54. The van der Waals surface area contributed by atoms with Crippen molar-refractivity contribution < 1.29 is 31.5 Å². The highest BCUT2D eigenvalue weighted by Crippen LogP contribution is 2.56. The van der Waals surface area contributed by atoms with Gasteiger partial charge < -0.3 is 4.90 Å². The van der Waals surface area contributed by atoms with Gasteiger partial charge in [0.25, 0.3) is 5.91 Å². The van der Waals surface area contributed by atoms with Crippen molar-refractivity contribution in [1.29, 1.82) is 0 Å². The third-order valence-electron chi connectivity index (χ3n) is 5.82. The zero-order valence-corrected chi connectivity index (χ0v) is 18.1. The molecule has 5 rings (SSSR count). The molecule has 2 amide bonds. The lowest BCUT2D eigenvalue weighted by Crippen LogP contribution is -2.49. The van der Waals surface area contributed by atoms with E-state index in [1.54, 1.807) is 24.3 Å². The number of halogens is 5. The van der Waals surface area contributed by atoms with Gasteiger partial charge in [0.1, 0.15) is 0 Å². The predicted molar refractivity (Wildman–Crippen MR) is 117 cm³/mol. The number of thioether (sulfide) groups is 1. The number of alkyl halides is 3. The summed E-state index contributed by atoms with van der Waals surface area (Å²) in [4.78, 5) is 27.7. The zero-order valence-electron chi connectivity index (χ0n) is 17.3. The van der Waals surface area contributed by atoms with Crippen molar-refractivity contribution in [3.8, 4) is 0 Å². The summed E-state index contributed by atoms with van der Waals surface area (Å²) in [6, 6.07) is 14.3. The van der Waals surface area contributed by atoms with Gasteiger partial charge >= 0.3 is 6.18 Å². The molecule has 3 aromatic rings. The van der Waals surface area contributed by atoms with E-state index in [0.29, 0.717) is 11.3 Å². The summed E-state index contributed by atoms with van der Waals surface area (Å²) in [6.45, 7) is -0.165. The summed E-state index contributed by atoms with van der Waals surface area (Å²) < 4.78 is 67.2. The molecule has 0 N–H and O–H groups in total. The number of carbonyl (C=O) groups is 2. The number of para-hydroxylation sites is 1. The molecule has 174 valence electrons. The Morgan fingerprint density at radius 1 is 0.912 bits per heavy atom. The second-order valence-corrected chi connectivity index (χ2v) is 9.04. The number of amides is 2. The number of rotatable bonds is 3. The fraction of sp³-hybridized carbons (Fsp3) is 0.167. The van der Waals surface area contributed by atoms with E-state index in [0.717, 1.165) is 40.9 Å². The Kier molecular flexibility index (Phi) is 5.16. The van der Waals surface area contributed by atoms with E-state index in [4.69, 9.17) is 0 Å². The van der Waals surface area contributed by atoms with Crippen molar-refractivity contribution in [1.82, 2.24) is 0 Å². The van der Waals surface area contributed by atoms with Gasteiger partial charge in [0, 0.05) is 17.3 Å². The second kappa shape index (κ2) is 7.83. The molecule has 34 heavy (non-hydrogen) atoms. The largest absolute Gasteiger partial charge is 0.416 e. The molecule has 2 aliphatic heterocycles. The lowest BCUT2D eigenvalue weighted by Gasteiger charge is -2.33.